The van der Waals surface area contributed by atoms with E-state index in [1.165, 1.54) is 21.8 Å². The lowest BCUT2D eigenvalue weighted by molar-refractivity contribution is -0.135. The number of fused-ring (bicyclic) bond motifs is 4. The second-order valence-electron chi connectivity index (χ2n) is 7.29. The summed E-state index contributed by atoms with van der Waals surface area (Å²) in [6.07, 6.45) is 2.29. The van der Waals surface area contributed by atoms with E-state index in [4.69, 9.17) is 0 Å². The summed E-state index contributed by atoms with van der Waals surface area (Å²) in [5.74, 6) is -0.0662. The zero-order valence-electron chi connectivity index (χ0n) is 15.6. The Morgan fingerprint density at radius 2 is 1.86 bits per heavy atom. The Labute approximate surface area is 161 Å². The largest absolute Gasteiger partial charge is 0.357 e. The van der Waals surface area contributed by atoms with Crippen LogP contribution >= 0.6 is 0 Å². The molecule has 1 N–H and O–H groups in total. The highest BCUT2D eigenvalue weighted by Gasteiger charge is 2.28. The molecule has 3 heterocycles. The summed E-state index contributed by atoms with van der Waals surface area (Å²) in [7, 11) is 0. The number of carbonyl (C=O) groups is 1. The Hall–Kier alpha value is -3.41. The maximum Gasteiger partial charge on any atom is 0.261 e. The summed E-state index contributed by atoms with van der Waals surface area (Å²) >= 11 is 0. The molecule has 1 atom stereocenters. The second-order valence-corrected chi connectivity index (χ2v) is 7.29. The van der Waals surface area contributed by atoms with Crippen LogP contribution in [0.1, 0.15) is 24.2 Å². The van der Waals surface area contributed by atoms with Gasteiger partial charge in [-0.1, -0.05) is 30.3 Å². The molecule has 6 heteroatoms. The average molecular weight is 372 g/mol. The van der Waals surface area contributed by atoms with Crippen LogP contribution in [0.4, 0.5) is 0 Å². The van der Waals surface area contributed by atoms with Gasteiger partial charge in [0.2, 0.25) is 5.91 Å². The molecule has 1 aliphatic rings. The van der Waals surface area contributed by atoms with Gasteiger partial charge in [-0.25, -0.2) is 4.98 Å². The van der Waals surface area contributed by atoms with Crippen LogP contribution in [0, 0.1) is 0 Å². The maximum absolute atomic E-state index is 13.1. The molecule has 0 saturated carbocycles. The van der Waals surface area contributed by atoms with Crippen molar-refractivity contribution in [2.45, 2.75) is 25.9 Å². The molecule has 28 heavy (non-hydrogen) atoms. The lowest BCUT2D eigenvalue weighted by atomic mass is 10.0. The van der Waals surface area contributed by atoms with Gasteiger partial charge in [-0.15, -0.1) is 0 Å². The van der Waals surface area contributed by atoms with Gasteiger partial charge in [0.1, 0.15) is 6.04 Å². The Balaban J connectivity index is 1.45. The molecular weight excluding hydrogens is 352 g/mol. The van der Waals surface area contributed by atoms with Crippen LogP contribution in [0.5, 0.6) is 0 Å². The Morgan fingerprint density at radius 3 is 2.71 bits per heavy atom. The van der Waals surface area contributed by atoms with E-state index in [9.17, 15) is 9.59 Å². The SMILES string of the molecule is CC(C(=O)N1CCc2c([nH]c3ccccc23)C1)n1cnc2ccccc2c1=O. The number of hydrogen-bond acceptors (Lipinski definition) is 3. The topological polar surface area (TPSA) is 71.0 Å². The molecular formula is C22H20N4O2. The number of aromatic amines is 1. The molecule has 0 spiro atoms. The summed E-state index contributed by atoms with van der Waals surface area (Å²) in [4.78, 5) is 35.6. The molecule has 5 rings (SSSR count). The first kappa shape index (κ1) is 16.7. The highest BCUT2D eigenvalue weighted by Crippen LogP contribution is 2.28. The van der Waals surface area contributed by atoms with Crippen molar-refractivity contribution in [2.24, 2.45) is 0 Å². The van der Waals surface area contributed by atoms with Crippen molar-refractivity contribution in [1.82, 2.24) is 19.4 Å². The summed E-state index contributed by atoms with van der Waals surface area (Å²) in [5.41, 5.74) is 3.93. The number of aromatic nitrogens is 3. The van der Waals surface area contributed by atoms with E-state index >= 15 is 0 Å². The fourth-order valence-electron chi connectivity index (χ4n) is 4.12. The van der Waals surface area contributed by atoms with E-state index in [0.29, 0.717) is 24.0 Å². The van der Waals surface area contributed by atoms with Crippen molar-refractivity contribution >= 4 is 27.7 Å². The first-order chi connectivity index (χ1) is 13.6. The number of rotatable bonds is 2. The van der Waals surface area contributed by atoms with Gasteiger partial charge in [0.15, 0.2) is 0 Å². The summed E-state index contributed by atoms with van der Waals surface area (Å²) in [6, 6.07) is 14.8. The molecule has 0 aliphatic carbocycles. The molecule has 0 bridgehead atoms. The molecule has 1 amide bonds. The lowest BCUT2D eigenvalue weighted by Gasteiger charge is -2.30. The molecule has 4 aromatic rings. The van der Waals surface area contributed by atoms with E-state index in [1.54, 1.807) is 19.1 Å². The van der Waals surface area contributed by atoms with E-state index in [1.807, 2.05) is 29.2 Å². The van der Waals surface area contributed by atoms with Crippen molar-refractivity contribution in [1.29, 1.82) is 0 Å². The third-order valence-electron chi connectivity index (χ3n) is 5.66. The lowest BCUT2D eigenvalue weighted by Crippen LogP contribution is -2.41. The van der Waals surface area contributed by atoms with Crippen molar-refractivity contribution in [3.63, 3.8) is 0 Å². The van der Waals surface area contributed by atoms with E-state index < -0.39 is 6.04 Å². The van der Waals surface area contributed by atoms with Gasteiger partial charge in [-0.05, 0) is 37.1 Å². The molecule has 1 unspecified atom stereocenters. The number of nitrogens with zero attached hydrogens (tertiary/aromatic N) is 3. The summed E-state index contributed by atoms with van der Waals surface area (Å²) in [6.45, 7) is 2.94. The van der Waals surface area contributed by atoms with Crippen LogP contribution in [0.15, 0.2) is 59.7 Å². The first-order valence-corrected chi connectivity index (χ1v) is 9.46. The van der Waals surface area contributed by atoms with Gasteiger partial charge in [0.05, 0.1) is 23.8 Å². The van der Waals surface area contributed by atoms with Crippen molar-refractivity contribution in [2.75, 3.05) is 6.54 Å². The van der Waals surface area contributed by atoms with Gasteiger partial charge in [-0.3, -0.25) is 14.2 Å². The average Bonchev–Trinajstić information content (AvgIpc) is 3.11. The summed E-state index contributed by atoms with van der Waals surface area (Å²) < 4.78 is 1.44. The number of amides is 1. The Kier molecular flexibility index (Phi) is 3.79. The molecule has 6 nitrogen and oxygen atoms in total. The van der Waals surface area contributed by atoms with Gasteiger partial charge in [0.25, 0.3) is 5.56 Å². The minimum Gasteiger partial charge on any atom is -0.357 e. The molecule has 1 aliphatic heterocycles. The van der Waals surface area contributed by atoms with Gasteiger partial charge in [-0.2, -0.15) is 0 Å². The maximum atomic E-state index is 13.1. The zero-order chi connectivity index (χ0) is 19.3. The highest BCUT2D eigenvalue weighted by molar-refractivity contribution is 5.86. The number of hydrogen-bond donors (Lipinski definition) is 1. The van der Waals surface area contributed by atoms with Crippen molar-refractivity contribution in [3.8, 4) is 0 Å². The quantitative estimate of drug-likeness (QED) is 0.588. The van der Waals surface area contributed by atoms with Crippen LogP contribution in [-0.2, 0) is 17.8 Å². The van der Waals surface area contributed by atoms with E-state index in [-0.39, 0.29) is 11.5 Å². The number of H-pyrrole nitrogens is 1. The second kappa shape index (κ2) is 6.34. The Morgan fingerprint density at radius 1 is 1.11 bits per heavy atom. The van der Waals surface area contributed by atoms with Crippen LogP contribution < -0.4 is 5.56 Å². The normalized spacial score (nSPS) is 15.0. The molecule has 2 aromatic heterocycles. The minimum absolute atomic E-state index is 0.0662. The molecule has 2 aromatic carbocycles. The highest BCUT2D eigenvalue weighted by atomic mass is 16.2. The number of carbonyl (C=O) groups excluding carboxylic acids is 1. The molecule has 140 valence electrons. The predicted octanol–water partition coefficient (Wildman–Crippen LogP) is 3.02. The predicted molar refractivity (Wildman–Crippen MR) is 108 cm³/mol. The van der Waals surface area contributed by atoms with Crippen LogP contribution in [0.3, 0.4) is 0 Å². The fourth-order valence-corrected chi connectivity index (χ4v) is 4.12. The fraction of sp³-hybridized carbons (Fsp3) is 0.227. The Bertz CT molecular complexity index is 1270. The number of nitrogens with one attached hydrogen (secondary N) is 1. The molecule has 0 saturated heterocycles. The van der Waals surface area contributed by atoms with Gasteiger partial charge >= 0.3 is 0 Å². The van der Waals surface area contributed by atoms with Crippen LogP contribution in [-0.4, -0.2) is 31.9 Å². The first-order valence-electron chi connectivity index (χ1n) is 9.46. The standard InChI is InChI=1S/C22H20N4O2/c1-14(26-13-23-18-8-4-3-7-17(18)22(26)28)21(27)25-11-10-16-15-6-2-5-9-19(15)24-20(16)12-25/h2-9,13-14,24H,10-12H2,1H3. The smallest absolute Gasteiger partial charge is 0.261 e. The number of para-hydroxylation sites is 2. The third kappa shape index (κ3) is 2.52. The van der Waals surface area contributed by atoms with E-state index in [0.717, 1.165) is 17.6 Å². The number of benzene rings is 2. The van der Waals surface area contributed by atoms with Crippen LogP contribution in [0.2, 0.25) is 0 Å². The van der Waals surface area contributed by atoms with Gasteiger partial charge < -0.3 is 9.88 Å². The van der Waals surface area contributed by atoms with Crippen molar-refractivity contribution in [3.05, 3.63) is 76.5 Å². The van der Waals surface area contributed by atoms with E-state index in [2.05, 4.69) is 22.1 Å². The van der Waals surface area contributed by atoms with Crippen LogP contribution in [0.25, 0.3) is 21.8 Å². The summed E-state index contributed by atoms with van der Waals surface area (Å²) in [5, 5.41) is 1.76. The minimum atomic E-state index is -0.601. The van der Waals surface area contributed by atoms with Crippen molar-refractivity contribution < 1.29 is 4.79 Å². The molecule has 0 radical (unpaired) electrons. The third-order valence-corrected chi connectivity index (χ3v) is 5.66. The van der Waals surface area contributed by atoms with Gasteiger partial charge in [0, 0.05) is 23.1 Å². The zero-order valence-corrected chi connectivity index (χ0v) is 15.6. The monoisotopic (exact) mass is 372 g/mol. The molecule has 0 fully saturated rings.